The Bertz CT molecular complexity index is 1200. The summed E-state index contributed by atoms with van der Waals surface area (Å²) in [5.74, 6) is -0.175. The van der Waals surface area contributed by atoms with Gasteiger partial charge in [-0.15, -0.1) is 11.3 Å². The normalized spacial score (nSPS) is 10.8. The van der Waals surface area contributed by atoms with Crippen molar-refractivity contribution >= 4 is 28.3 Å². The van der Waals surface area contributed by atoms with Gasteiger partial charge in [0.05, 0.1) is 38.8 Å². The molecule has 0 radical (unpaired) electrons. The van der Waals surface area contributed by atoms with E-state index in [0.717, 1.165) is 27.2 Å². The van der Waals surface area contributed by atoms with Crippen LogP contribution >= 0.6 is 11.3 Å². The summed E-state index contributed by atoms with van der Waals surface area (Å²) in [6.07, 6.45) is 0. The van der Waals surface area contributed by atoms with E-state index in [1.54, 1.807) is 28.2 Å². The number of hydrogen-bond acceptors (Lipinski definition) is 5. The molecular weight excluding hydrogens is 370 g/mol. The molecule has 0 spiro atoms. The van der Waals surface area contributed by atoms with Gasteiger partial charge in [0.1, 0.15) is 0 Å². The topological polar surface area (TPSA) is 83.6 Å². The van der Waals surface area contributed by atoms with E-state index in [-0.39, 0.29) is 5.91 Å². The Kier molecular flexibility index (Phi) is 4.63. The van der Waals surface area contributed by atoms with Crippen LogP contribution in [0.25, 0.3) is 21.6 Å². The van der Waals surface area contributed by atoms with E-state index in [1.807, 2.05) is 49.7 Å². The van der Waals surface area contributed by atoms with Crippen molar-refractivity contribution in [2.45, 2.75) is 13.5 Å². The van der Waals surface area contributed by atoms with E-state index < -0.39 is 0 Å². The van der Waals surface area contributed by atoms with Crippen LogP contribution in [0.15, 0.2) is 47.8 Å². The number of carbonyl (C=O) groups excluding carboxylic acids is 1. The van der Waals surface area contributed by atoms with E-state index >= 15 is 0 Å². The van der Waals surface area contributed by atoms with Crippen molar-refractivity contribution in [1.29, 1.82) is 5.26 Å². The molecule has 7 heteroatoms. The Balaban J connectivity index is 1.69. The fourth-order valence-electron chi connectivity index (χ4n) is 3.15. The van der Waals surface area contributed by atoms with Crippen molar-refractivity contribution in [2.75, 3.05) is 0 Å². The molecule has 0 bridgehead atoms. The number of carbonyl (C=O) groups is 1. The maximum atomic E-state index is 13.0. The molecule has 1 aromatic carbocycles. The summed E-state index contributed by atoms with van der Waals surface area (Å²) in [6.45, 7) is 2.26. The molecule has 4 rings (SSSR count). The summed E-state index contributed by atoms with van der Waals surface area (Å²) in [5, 5.41) is 19.1. The third-order valence-electron chi connectivity index (χ3n) is 4.52. The number of hydrogen-bond donors (Lipinski definition) is 1. The summed E-state index contributed by atoms with van der Waals surface area (Å²) >= 11 is 1.58. The van der Waals surface area contributed by atoms with Crippen LogP contribution in [0.5, 0.6) is 0 Å². The highest BCUT2D eigenvalue weighted by Gasteiger charge is 2.19. The fraction of sp³-hybridized carbons (Fsp3) is 0.143. The summed E-state index contributed by atoms with van der Waals surface area (Å²) in [4.78, 5) is 18.7. The van der Waals surface area contributed by atoms with Gasteiger partial charge in [-0.05, 0) is 42.1 Å². The van der Waals surface area contributed by atoms with Crippen molar-refractivity contribution in [3.05, 3.63) is 70.2 Å². The maximum Gasteiger partial charge on any atom is 0.252 e. The summed E-state index contributed by atoms with van der Waals surface area (Å²) in [5.41, 5.74) is 4.30. The Morgan fingerprint density at radius 2 is 2.07 bits per heavy atom. The first-order valence-electron chi connectivity index (χ1n) is 8.72. The minimum atomic E-state index is -0.175. The third kappa shape index (κ3) is 3.26. The quantitative estimate of drug-likeness (QED) is 0.577. The molecule has 0 aliphatic carbocycles. The lowest BCUT2D eigenvalue weighted by Gasteiger charge is -2.09. The highest BCUT2D eigenvalue weighted by atomic mass is 32.1. The molecule has 0 saturated heterocycles. The van der Waals surface area contributed by atoms with Gasteiger partial charge in [-0.3, -0.25) is 9.48 Å². The Labute approximate surface area is 166 Å². The second kappa shape index (κ2) is 7.25. The van der Waals surface area contributed by atoms with E-state index in [9.17, 15) is 4.79 Å². The SMILES string of the molecule is Cc1nn(C)c2nc(-c3cccs3)cc(C(=O)NCc3ccc(C#N)cc3)c12. The van der Waals surface area contributed by atoms with Crippen LogP contribution in [0.4, 0.5) is 0 Å². The standard InChI is InChI=1S/C21H17N5OS/c1-13-19-16(21(27)23-12-15-7-5-14(11-22)6-8-15)10-17(18-4-3-9-28-18)24-20(19)26(2)25-13/h3-10H,12H2,1-2H3,(H,23,27). The number of pyridine rings is 1. The van der Waals surface area contributed by atoms with Gasteiger partial charge in [-0.25, -0.2) is 4.98 Å². The molecule has 3 aromatic heterocycles. The lowest BCUT2D eigenvalue weighted by atomic mass is 10.1. The minimum Gasteiger partial charge on any atom is -0.348 e. The van der Waals surface area contributed by atoms with Crippen LogP contribution < -0.4 is 5.32 Å². The highest BCUT2D eigenvalue weighted by Crippen LogP contribution is 2.29. The van der Waals surface area contributed by atoms with Gasteiger partial charge in [0.25, 0.3) is 5.91 Å². The highest BCUT2D eigenvalue weighted by molar-refractivity contribution is 7.13. The van der Waals surface area contributed by atoms with E-state index in [4.69, 9.17) is 10.2 Å². The molecule has 0 fully saturated rings. The van der Waals surface area contributed by atoms with Crippen molar-refractivity contribution in [2.24, 2.45) is 7.05 Å². The number of nitrogens with one attached hydrogen (secondary N) is 1. The molecule has 6 nitrogen and oxygen atoms in total. The molecule has 0 aliphatic rings. The van der Waals surface area contributed by atoms with Gasteiger partial charge < -0.3 is 5.32 Å². The molecule has 1 amide bonds. The van der Waals surface area contributed by atoms with Gasteiger partial charge in [0.15, 0.2) is 5.65 Å². The van der Waals surface area contributed by atoms with Crippen molar-refractivity contribution in [1.82, 2.24) is 20.1 Å². The molecule has 0 atom stereocenters. The van der Waals surface area contributed by atoms with E-state index in [2.05, 4.69) is 16.5 Å². The predicted molar refractivity (Wildman–Crippen MR) is 109 cm³/mol. The zero-order valence-electron chi connectivity index (χ0n) is 15.4. The summed E-state index contributed by atoms with van der Waals surface area (Å²) < 4.78 is 1.71. The first kappa shape index (κ1) is 17.9. The largest absolute Gasteiger partial charge is 0.348 e. The Hall–Kier alpha value is -3.50. The second-order valence-corrected chi connectivity index (χ2v) is 7.38. The minimum absolute atomic E-state index is 0.175. The zero-order chi connectivity index (χ0) is 19.7. The number of rotatable bonds is 4. The smallest absolute Gasteiger partial charge is 0.252 e. The number of benzene rings is 1. The predicted octanol–water partition coefficient (Wildman–Crippen LogP) is 3.81. The molecule has 1 N–H and O–H groups in total. The lowest BCUT2D eigenvalue weighted by Crippen LogP contribution is -2.23. The second-order valence-electron chi connectivity index (χ2n) is 6.43. The fourth-order valence-corrected chi connectivity index (χ4v) is 3.84. The van der Waals surface area contributed by atoms with Crippen LogP contribution in [0.3, 0.4) is 0 Å². The number of nitriles is 1. The molecule has 138 valence electrons. The summed E-state index contributed by atoms with van der Waals surface area (Å²) in [7, 11) is 1.83. The lowest BCUT2D eigenvalue weighted by molar-refractivity contribution is 0.0952. The molecule has 0 saturated carbocycles. The van der Waals surface area contributed by atoms with Crippen molar-refractivity contribution in [3.8, 4) is 16.6 Å². The van der Waals surface area contributed by atoms with Gasteiger partial charge in [0, 0.05) is 13.6 Å². The van der Waals surface area contributed by atoms with Gasteiger partial charge in [-0.2, -0.15) is 10.4 Å². The van der Waals surface area contributed by atoms with Crippen LogP contribution in [0.1, 0.15) is 27.2 Å². The van der Waals surface area contributed by atoms with Crippen LogP contribution in [0.2, 0.25) is 0 Å². The molecule has 28 heavy (non-hydrogen) atoms. The van der Waals surface area contributed by atoms with Gasteiger partial charge in [0.2, 0.25) is 0 Å². The molecule has 0 unspecified atom stereocenters. The van der Waals surface area contributed by atoms with Crippen LogP contribution in [0, 0.1) is 18.3 Å². The average Bonchev–Trinajstić information content (AvgIpc) is 3.34. The molecule has 3 heterocycles. The van der Waals surface area contributed by atoms with Crippen molar-refractivity contribution < 1.29 is 4.79 Å². The Morgan fingerprint density at radius 1 is 1.29 bits per heavy atom. The maximum absolute atomic E-state index is 13.0. The third-order valence-corrected chi connectivity index (χ3v) is 5.42. The zero-order valence-corrected chi connectivity index (χ0v) is 16.2. The number of thiophene rings is 1. The van der Waals surface area contributed by atoms with Gasteiger partial charge in [-0.1, -0.05) is 18.2 Å². The number of nitrogens with zero attached hydrogens (tertiary/aromatic N) is 4. The number of fused-ring (bicyclic) bond motifs is 1. The Morgan fingerprint density at radius 3 is 2.75 bits per heavy atom. The van der Waals surface area contributed by atoms with Gasteiger partial charge >= 0.3 is 0 Å². The number of amides is 1. The first-order chi connectivity index (χ1) is 13.6. The molecular formula is C21H17N5OS. The monoisotopic (exact) mass is 387 g/mol. The summed E-state index contributed by atoms with van der Waals surface area (Å²) in [6, 6.07) is 15.0. The molecule has 4 aromatic rings. The van der Waals surface area contributed by atoms with E-state index in [1.165, 1.54) is 0 Å². The molecule has 0 aliphatic heterocycles. The van der Waals surface area contributed by atoms with Crippen molar-refractivity contribution in [3.63, 3.8) is 0 Å². The van der Waals surface area contributed by atoms with Crippen LogP contribution in [-0.4, -0.2) is 20.7 Å². The van der Waals surface area contributed by atoms with Crippen LogP contribution in [-0.2, 0) is 13.6 Å². The first-order valence-corrected chi connectivity index (χ1v) is 9.60. The number of aromatic nitrogens is 3. The number of aryl methyl sites for hydroxylation is 2. The average molecular weight is 387 g/mol. The van der Waals surface area contributed by atoms with E-state index in [0.29, 0.717) is 23.3 Å².